The van der Waals surface area contributed by atoms with Gasteiger partial charge < -0.3 is 10.1 Å². The Morgan fingerprint density at radius 2 is 2.38 bits per heavy atom. The molecule has 1 aromatic rings. The second kappa shape index (κ2) is 4.57. The van der Waals surface area contributed by atoms with Gasteiger partial charge in [-0.1, -0.05) is 0 Å². The first-order chi connectivity index (χ1) is 6.27. The lowest BCUT2D eigenvalue weighted by Crippen LogP contribution is -2.08. The van der Waals surface area contributed by atoms with E-state index >= 15 is 0 Å². The molecule has 0 aliphatic rings. The van der Waals surface area contributed by atoms with Crippen LogP contribution in [-0.2, 0) is 11.3 Å². The molecule has 4 nitrogen and oxygen atoms in total. The van der Waals surface area contributed by atoms with Gasteiger partial charge in [0, 0.05) is 12.7 Å². The van der Waals surface area contributed by atoms with Gasteiger partial charge in [-0.05, 0) is 19.2 Å². The second-order valence-electron chi connectivity index (χ2n) is 2.56. The molecule has 13 heavy (non-hydrogen) atoms. The van der Waals surface area contributed by atoms with E-state index in [1.54, 1.807) is 12.1 Å². The summed E-state index contributed by atoms with van der Waals surface area (Å²) >= 11 is 0. The van der Waals surface area contributed by atoms with E-state index in [1.807, 2.05) is 7.05 Å². The van der Waals surface area contributed by atoms with Gasteiger partial charge in [-0.2, -0.15) is 0 Å². The number of ether oxygens (including phenoxy) is 1. The van der Waals surface area contributed by atoms with E-state index in [9.17, 15) is 4.79 Å². The Bertz CT molecular complexity index is 282. The first kappa shape index (κ1) is 9.67. The van der Waals surface area contributed by atoms with Gasteiger partial charge in [0.05, 0.1) is 18.4 Å². The first-order valence-corrected chi connectivity index (χ1v) is 3.95. The number of esters is 1. The molecule has 0 aliphatic carbocycles. The van der Waals surface area contributed by atoms with Gasteiger partial charge in [-0.15, -0.1) is 0 Å². The molecule has 1 N–H and O–H groups in total. The Kier molecular flexibility index (Phi) is 3.40. The van der Waals surface area contributed by atoms with Crippen LogP contribution in [0.5, 0.6) is 0 Å². The molecule has 0 unspecified atom stereocenters. The molecule has 0 aromatic carbocycles. The number of aromatic nitrogens is 1. The molecule has 4 heteroatoms. The normalized spacial score (nSPS) is 9.69. The molecular weight excluding hydrogens is 168 g/mol. The second-order valence-corrected chi connectivity index (χ2v) is 2.56. The number of carbonyl (C=O) groups excluding carboxylic acids is 1. The predicted molar refractivity (Wildman–Crippen MR) is 48.3 cm³/mol. The standard InChI is InChI=1S/C9H12N2O2/c1-10-6-8-4-3-7(5-11-8)9(12)13-2/h3-5,10H,6H2,1-2H3. The highest BCUT2D eigenvalue weighted by Gasteiger charge is 2.04. The zero-order valence-electron chi connectivity index (χ0n) is 7.70. The molecule has 0 radical (unpaired) electrons. The van der Waals surface area contributed by atoms with E-state index in [0.717, 1.165) is 5.69 Å². The van der Waals surface area contributed by atoms with Crippen molar-refractivity contribution in [3.8, 4) is 0 Å². The van der Waals surface area contributed by atoms with Gasteiger partial charge in [0.25, 0.3) is 0 Å². The van der Waals surface area contributed by atoms with Crippen LogP contribution in [0.4, 0.5) is 0 Å². The maximum atomic E-state index is 11.0. The van der Waals surface area contributed by atoms with E-state index in [2.05, 4.69) is 15.0 Å². The van der Waals surface area contributed by atoms with Crippen molar-refractivity contribution in [2.45, 2.75) is 6.54 Å². The number of hydrogen-bond donors (Lipinski definition) is 1. The molecular formula is C9H12N2O2. The lowest BCUT2D eigenvalue weighted by atomic mass is 10.2. The molecule has 0 atom stereocenters. The molecule has 0 aliphatic heterocycles. The fourth-order valence-corrected chi connectivity index (χ4v) is 0.949. The van der Waals surface area contributed by atoms with Crippen LogP contribution in [0.15, 0.2) is 18.3 Å². The molecule has 0 bridgehead atoms. The van der Waals surface area contributed by atoms with Crippen LogP contribution < -0.4 is 5.32 Å². The Balaban J connectivity index is 2.75. The van der Waals surface area contributed by atoms with Crippen LogP contribution in [0.3, 0.4) is 0 Å². The van der Waals surface area contributed by atoms with E-state index in [1.165, 1.54) is 13.3 Å². The van der Waals surface area contributed by atoms with Crippen molar-refractivity contribution >= 4 is 5.97 Å². The Morgan fingerprint density at radius 3 is 2.85 bits per heavy atom. The number of rotatable bonds is 3. The van der Waals surface area contributed by atoms with Crippen LogP contribution in [0.25, 0.3) is 0 Å². The van der Waals surface area contributed by atoms with Crippen LogP contribution in [0.2, 0.25) is 0 Å². The number of nitrogens with zero attached hydrogens (tertiary/aromatic N) is 1. The number of nitrogens with one attached hydrogen (secondary N) is 1. The molecule has 70 valence electrons. The van der Waals surface area contributed by atoms with Gasteiger partial charge in [-0.3, -0.25) is 4.98 Å². The lowest BCUT2D eigenvalue weighted by Gasteiger charge is -2.00. The zero-order chi connectivity index (χ0) is 9.68. The van der Waals surface area contributed by atoms with E-state index in [-0.39, 0.29) is 5.97 Å². The summed E-state index contributed by atoms with van der Waals surface area (Å²) in [6.07, 6.45) is 1.51. The summed E-state index contributed by atoms with van der Waals surface area (Å²) in [4.78, 5) is 15.1. The largest absolute Gasteiger partial charge is 0.465 e. The monoisotopic (exact) mass is 180 g/mol. The van der Waals surface area contributed by atoms with Crippen molar-refractivity contribution in [3.05, 3.63) is 29.6 Å². The number of pyridine rings is 1. The summed E-state index contributed by atoms with van der Waals surface area (Å²) in [5.74, 6) is -0.358. The van der Waals surface area contributed by atoms with Crippen molar-refractivity contribution in [1.29, 1.82) is 0 Å². The Hall–Kier alpha value is -1.42. The van der Waals surface area contributed by atoms with Gasteiger partial charge in [0.2, 0.25) is 0 Å². The Labute approximate surface area is 76.9 Å². The van der Waals surface area contributed by atoms with Crippen LogP contribution >= 0.6 is 0 Å². The smallest absolute Gasteiger partial charge is 0.339 e. The molecule has 0 fully saturated rings. The summed E-state index contributed by atoms with van der Waals surface area (Å²) < 4.78 is 4.54. The third-order valence-electron chi connectivity index (χ3n) is 1.60. The quantitative estimate of drug-likeness (QED) is 0.691. The molecule has 1 rings (SSSR count). The summed E-state index contributed by atoms with van der Waals surface area (Å²) in [6.45, 7) is 0.696. The summed E-state index contributed by atoms with van der Waals surface area (Å²) in [5.41, 5.74) is 1.37. The maximum absolute atomic E-state index is 11.0. The topological polar surface area (TPSA) is 51.2 Å². The molecule has 0 amide bonds. The average molecular weight is 180 g/mol. The van der Waals surface area contributed by atoms with E-state index < -0.39 is 0 Å². The molecule has 0 saturated carbocycles. The summed E-state index contributed by atoms with van der Waals surface area (Å²) in [6, 6.07) is 3.49. The van der Waals surface area contributed by atoms with Crippen LogP contribution in [0.1, 0.15) is 16.1 Å². The average Bonchev–Trinajstić information content (AvgIpc) is 2.18. The van der Waals surface area contributed by atoms with Crippen molar-refractivity contribution in [3.63, 3.8) is 0 Å². The third kappa shape index (κ3) is 2.52. The lowest BCUT2D eigenvalue weighted by molar-refractivity contribution is 0.0600. The van der Waals surface area contributed by atoms with Gasteiger partial charge in [-0.25, -0.2) is 4.79 Å². The predicted octanol–water partition coefficient (Wildman–Crippen LogP) is 0.588. The minimum Gasteiger partial charge on any atom is -0.465 e. The van der Waals surface area contributed by atoms with Crippen molar-refractivity contribution < 1.29 is 9.53 Å². The Morgan fingerprint density at radius 1 is 1.62 bits per heavy atom. The highest BCUT2D eigenvalue weighted by Crippen LogP contribution is 2.01. The molecule has 1 aromatic heterocycles. The molecule has 0 spiro atoms. The van der Waals surface area contributed by atoms with Crippen LogP contribution in [0, 0.1) is 0 Å². The highest BCUT2D eigenvalue weighted by molar-refractivity contribution is 5.88. The minimum absolute atomic E-state index is 0.358. The van der Waals surface area contributed by atoms with Crippen LogP contribution in [-0.4, -0.2) is 25.1 Å². The van der Waals surface area contributed by atoms with E-state index in [0.29, 0.717) is 12.1 Å². The fraction of sp³-hybridized carbons (Fsp3) is 0.333. The summed E-state index contributed by atoms with van der Waals surface area (Å²) in [5, 5.41) is 2.97. The van der Waals surface area contributed by atoms with Crippen molar-refractivity contribution in [2.75, 3.05) is 14.2 Å². The number of hydrogen-bond acceptors (Lipinski definition) is 4. The molecule has 1 heterocycles. The maximum Gasteiger partial charge on any atom is 0.339 e. The number of methoxy groups -OCH3 is 1. The first-order valence-electron chi connectivity index (χ1n) is 3.95. The third-order valence-corrected chi connectivity index (χ3v) is 1.60. The van der Waals surface area contributed by atoms with Crippen molar-refractivity contribution in [1.82, 2.24) is 10.3 Å². The van der Waals surface area contributed by atoms with Gasteiger partial charge in [0.15, 0.2) is 0 Å². The number of carbonyl (C=O) groups is 1. The van der Waals surface area contributed by atoms with Gasteiger partial charge in [0.1, 0.15) is 0 Å². The SMILES string of the molecule is CNCc1ccc(C(=O)OC)cn1. The fourth-order valence-electron chi connectivity index (χ4n) is 0.949. The van der Waals surface area contributed by atoms with Crippen molar-refractivity contribution in [2.24, 2.45) is 0 Å². The van der Waals surface area contributed by atoms with Gasteiger partial charge >= 0.3 is 5.97 Å². The summed E-state index contributed by atoms with van der Waals surface area (Å²) in [7, 11) is 3.19. The van der Waals surface area contributed by atoms with E-state index in [4.69, 9.17) is 0 Å². The molecule has 0 saturated heterocycles. The zero-order valence-corrected chi connectivity index (χ0v) is 7.70. The highest BCUT2D eigenvalue weighted by atomic mass is 16.5. The minimum atomic E-state index is -0.358.